The molecule has 1 saturated heterocycles. The van der Waals surface area contributed by atoms with Gasteiger partial charge in [-0.25, -0.2) is 9.37 Å². The lowest BCUT2D eigenvalue weighted by atomic mass is 9.85. The fourth-order valence-electron chi connectivity index (χ4n) is 9.80. The van der Waals surface area contributed by atoms with Crippen LogP contribution in [0.25, 0.3) is 21.3 Å². The molecule has 1 fully saturated rings. The van der Waals surface area contributed by atoms with E-state index < -0.39 is 41.1 Å². The summed E-state index contributed by atoms with van der Waals surface area (Å²) in [5, 5.41) is 20.3. The quantitative estimate of drug-likeness (QED) is 0.0323. The van der Waals surface area contributed by atoms with Gasteiger partial charge in [0, 0.05) is 54.4 Å². The highest BCUT2D eigenvalue weighted by atomic mass is 32.1. The van der Waals surface area contributed by atoms with E-state index in [1.807, 2.05) is 93.9 Å². The second kappa shape index (κ2) is 28.5. The number of benzene rings is 3. The first-order valence-electron chi connectivity index (χ1n) is 26.8. The molecule has 0 aliphatic carbocycles. The van der Waals surface area contributed by atoms with Crippen LogP contribution in [0.4, 0.5) is 10.1 Å². The van der Waals surface area contributed by atoms with Crippen LogP contribution in [0.1, 0.15) is 82.1 Å². The Labute approximate surface area is 461 Å². The summed E-state index contributed by atoms with van der Waals surface area (Å²) in [7, 11) is 0. The number of alkyl halides is 1. The van der Waals surface area contributed by atoms with Crippen LogP contribution in [0.5, 0.6) is 0 Å². The van der Waals surface area contributed by atoms with Crippen molar-refractivity contribution >= 4 is 51.6 Å². The van der Waals surface area contributed by atoms with E-state index in [2.05, 4.69) is 49.9 Å². The first-order valence-corrected chi connectivity index (χ1v) is 27.7. The zero-order valence-electron chi connectivity index (χ0n) is 46.1. The van der Waals surface area contributed by atoms with E-state index in [9.17, 15) is 24.3 Å². The van der Waals surface area contributed by atoms with Crippen LogP contribution in [-0.2, 0) is 60.6 Å². The maximum Gasteiger partial charge on any atom is 0.250 e. The van der Waals surface area contributed by atoms with Crippen LogP contribution < -0.4 is 16.0 Å². The number of rotatable bonds is 29. The summed E-state index contributed by atoms with van der Waals surface area (Å²) in [4.78, 5) is 65.6. The summed E-state index contributed by atoms with van der Waals surface area (Å²) in [6.45, 7) is 15.9. The monoisotopic (exact) mass is 1100 g/mol. The topological polar surface area (TPSA) is 215 Å². The molecule has 3 aromatic carbocycles. The molecule has 2 aromatic heterocycles. The number of nitrogens with zero attached hydrogens (tertiary/aromatic N) is 3. The van der Waals surface area contributed by atoms with Crippen molar-refractivity contribution in [2.24, 2.45) is 5.41 Å². The number of amides is 4. The predicted molar refractivity (Wildman–Crippen MR) is 297 cm³/mol. The molecule has 78 heavy (non-hydrogen) atoms. The number of aliphatic hydroxyl groups is 1. The molecule has 424 valence electrons. The molecule has 2 aliphatic rings. The molecule has 5 atom stereocenters. The number of hydrogen-bond donors (Lipinski definition) is 5. The number of carbonyl (C=O) groups is 4. The number of thiazole rings is 1. The molecule has 4 amide bonds. The maximum absolute atomic E-state index is 15.1. The molecule has 0 radical (unpaired) electrons. The van der Waals surface area contributed by atoms with Gasteiger partial charge in [0.05, 0.1) is 94.3 Å². The summed E-state index contributed by atoms with van der Waals surface area (Å²) in [5.74, 6) is -1.61. The molecule has 18 nitrogen and oxygen atoms in total. The van der Waals surface area contributed by atoms with E-state index >= 15 is 4.39 Å². The van der Waals surface area contributed by atoms with Gasteiger partial charge in [-0.3, -0.25) is 24.1 Å². The number of halogens is 1. The molecular formula is C58H78FN7O11S. The van der Waals surface area contributed by atoms with Gasteiger partial charge in [-0.15, -0.1) is 11.3 Å². The van der Waals surface area contributed by atoms with Gasteiger partial charge in [0.15, 0.2) is 0 Å². The van der Waals surface area contributed by atoms with Crippen LogP contribution in [0.15, 0.2) is 78.3 Å². The number of β-amino-alcohol motifs (C(OH)–C–C–N with tert-alkyl or cyclic N) is 1. The van der Waals surface area contributed by atoms with Crippen LogP contribution in [0, 0.1) is 12.3 Å². The van der Waals surface area contributed by atoms with Crippen LogP contribution in [0.2, 0.25) is 0 Å². The molecular weight excluding hydrogens is 1020 g/mol. The first-order chi connectivity index (χ1) is 37.4. The Morgan fingerprint density at radius 2 is 1.40 bits per heavy atom. The lowest BCUT2D eigenvalue weighted by molar-refractivity contribution is -0.144. The highest BCUT2D eigenvalue weighted by Crippen LogP contribution is 2.42. The van der Waals surface area contributed by atoms with Crippen molar-refractivity contribution in [1.82, 2.24) is 30.4 Å². The number of hydrogen-bond acceptors (Lipinski definition) is 14. The smallest absolute Gasteiger partial charge is 0.250 e. The van der Waals surface area contributed by atoms with Gasteiger partial charge in [0.25, 0.3) is 0 Å². The summed E-state index contributed by atoms with van der Waals surface area (Å²) in [5.41, 5.74) is 7.67. The molecule has 0 saturated carbocycles. The lowest BCUT2D eigenvalue weighted by Gasteiger charge is -2.43. The third kappa shape index (κ3) is 17.2. The normalized spacial score (nSPS) is 18.2. The van der Waals surface area contributed by atoms with Gasteiger partial charge in [0.1, 0.15) is 31.0 Å². The maximum atomic E-state index is 15.1. The molecule has 20 heteroatoms. The predicted octanol–water partition coefficient (Wildman–Crippen LogP) is 6.53. The Morgan fingerprint density at radius 3 is 1.97 bits per heavy atom. The van der Waals surface area contributed by atoms with Crippen molar-refractivity contribution in [3.63, 3.8) is 0 Å². The highest BCUT2D eigenvalue weighted by Gasteiger charge is 2.45. The van der Waals surface area contributed by atoms with Gasteiger partial charge < -0.3 is 59.4 Å². The summed E-state index contributed by atoms with van der Waals surface area (Å²) in [6.07, 6.45) is 0.0340. The number of carbonyl (C=O) groups excluding carboxylic acids is 4. The second-order valence-corrected chi connectivity index (χ2v) is 22.4. The van der Waals surface area contributed by atoms with Gasteiger partial charge in [-0.05, 0) is 80.0 Å². The van der Waals surface area contributed by atoms with E-state index in [4.69, 9.17) is 28.4 Å². The van der Waals surface area contributed by atoms with Gasteiger partial charge in [-0.1, -0.05) is 75.4 Å². The molecule has 2 aliphatic heterocycles. The summed E-state index contributed by atoms with van der Waals surface area (Å²) in [6, 6.07) is 21.9. The SMILES string of the molecule is Cc1ncsc1-c1ccc(CNC(=O)[C@@H]2C[C@@H](O)CN2C(=O)[C@@H](NC(=O)COCCOCCOCCOCCOCCOCC(=O)Nc2ccc([C@@H]3c4[nH]c5ccccc5c4C[C@@H](C)N3CC(C)(C)F)cc2)C(C)(C)C)cc1. The molecule has 4 heterocycles. The number of aromatic nitrogens is 2. The minimum Gasteiger partial charge on any atom is -0.391 e. The minimum absolute atomic E-state index is 0.0244. The van der Waals surface area contributed by atoms with Gasteiger partial charge in [-0.2, -0.15) is 0 Å². The summed E-state index contributed by atoms with van der Waals surface area (Å²) < 4.78 is 48.4. The average Bonchev–Trinajstić information content (AvgIpc) is 4.31. The van der Waals surface area contributed by atoms with E-state index in [1.54, 1.807) is 25.2 Å². The van der Waals surface area contributed by atoms with Crippen molar-refractivity contribution in [3.05, 3.63) is 106 Å². The van der Waals surface area contributed by atoms with E-state index in [0.29, 0.717) is 51.9 Å². The number of aromatic amines is 1. The van der Waals surface area contributed by atoms with Crippen LogP contribution >= 0.6 is 11.3 Å². The molecule has 5 aromatic rings. The number of aliphatic hydroxyl groups excluding tert-OH is 1. The Bertz CT molecular complexity index is 2720. The largest absolute Gasteiger partial charge is 0.391 e. The molecule has 0 spiro atoms. The Hall–Kier alpha value is -5.68. The van der Waals surface area contributed by atoms with E-state index in [0.717, 1.165) is 44.9 Å². The third-order valence-corrected chi connectivity index (χ3v) is 14.6. The molecule has 0 bridgehead atoms. The molecule has 0 unspecified atom stereocenters. The zero-order chi connectivity index (χ0) is 55.8. The number of nitrogens with one attached hydrogen (secondary N) is 4. The Morgan fingerprint density at radius 1 is 0.808 bits per heavy atom. The number of H-pyrrole nitrogens is 1. The number of likely N-dealkylation sites (tertiary alicyclic amines) is 1. The third-order valence-electron chi connectivity index (χ3n) is 13.6. The van der Waals surface area contributed by atoms with Crippen LogP contribution in [-0.4, -0.2) is 171 Å². The standard InChI is InChI=1S/C58H78FN7O11S/c1-38-30-46-45-10-8-9-11-47(45)63-51(46)52(66(38)36-58(6,7)59)41-16-18-43(19-17-41)62-49(68)34-76-28-26-74-24-22-72-20-21-73-23-25-75-27-29-77-35-50(69)64-54(57(3,4)5)56(71)65-33-44(67)31-48(65)55(70)60-32-40-12-14-42(15-13-40)53-39(2)61-37-78-53/h8-19,37-38,44,48,52,54,63,67H,20-36H2,1-7H3,(H,60,70)(H,62,68)(H,64,69)/t38-,44-,48+,52-,54-/m1/s1. The number of para-hydroxylation sites is 1. The van der Waals surface area contributed by atoms with Crippen molar-refractivity contribution in [2.75, 3.05) is 97.7 Å². The van der Waals surface area contributed by atoms with Crippen LogP contribution in [0.3, 0.4) is 0 Å². The Kier molecular flexibility index (Phi) is 21.9. The fraction of sp³-hybridized carbons (Fsp3) is 0.534. The van der Waals surface area contributed by atoms with E-state index in [-0.39, 0.29) is 83.0 Å². The van der Waals surface area contributed by atoms with Gasteiger partial charge in [0.2, 0.25) is 23.6 Å². The second-order valence-electron chi connectivity index (χ2n) is 21.6. The van der Waals surface area contributed by atoms with Crippen molar-refractivity contribution in [1.29, 1.82) is 0 Å². The molecule has 7 rings (SSSR count). The Balaban J connectivity index is 0.688. The average molecular weight is 1100 g/mol. The number of anilines is 1. The van der Waals surface area contributed by atoms with Crippen molar-refractivity contribution in [3.8, 4) is 10.4 Å². The highest BCUT2D eigenvalue weighted by molar-refractivity contribution is 7.13. The number of aryl methyl sites for hydroxylation is 1. The first kappa shape index (κ1) is 60.0. The number of ether oxygens (including phenoxy) is 6. The number of fused-ring (bicyclic) bond motifs is 3. The van der Waals surface area contributed by atoms with Gasteiger partial charge >= 0.3 is 0 Å². The zero-order valence-corrected chi connectivity index (χ0v) is 46.9. The fourth-order valence-corrected chi connectivity index (χ4v) is 10.6. The van der Waals surface area contributed by atoms with E-state index in [1.165, 1.54) is 15.8 Å². The molecule has 5 N–H and O–H groups in total. The summed E-state index contributed by atoms with van der Waals surface area (Å²) >= 11 is 1.57. The minimum atomic E-state index is -1.38. The van der Waals surface area contributed by atoms with Crippen molar-refractivity contribution in [2.45, 2.75) is 104 Å². The lowest BCUT2D eigenvalue weighted by Crippen LogP contribution is -2.58. The van der Waals surface area contributed by atoms with Crippen molar-refractivity contribution < 1.29 is 57.1 Å².